The van der Waals surface area contributed by atoms with Gasteiger partial charge in [-0.3, -0.25) is 9.59 Å². The van der Waals surface area contributed by atoms with Gasteiger partial charge < -0.3 is 15.4 Å². The van der Waals surface area contributed by atoms with Crippen molar-refractivity contribution in [1.29, 1.82) is 0 Å². The molecule has 0 radical (unpaired) electrons. The number of sulfonamides is 1. The Kier molecular flexibility index (Phi) is 5.20. The van der Waals surface area contributed by atoms with E-state index in [2.05, 4.69) is 15.3 Å². The molecule has 1 amide bonds. The molecule has 1 atom stereocenters. The highest BCUT2D eigenvalue weighted by molar-refractivity contribution is 7.89. The number of aliphatic carboxylic acids is 1. The van der Waals surface area contributed by atoms with Gasteiger partial charge in [-0.15, -0.1) is 0 Å². The summed E-state index contributed by atoms with van der Waals surface area (Å²) in [5.41, 5.74) is 0.390. The fourth-order valence-corrected chi connectivity index (χ4v) is 4.00. The second-order valence-corrected chi connectivity index (χ2v) is 7.02. The Balaban J connectivity index is 2.42. The van der Waals surface area contributed by atoms with E-state index in [1.807, 2.05) is 0 Å². The van der Waals surface area contributed by atoms with Crippen LogP contribution >= 0.6 is 0 Å². The van der Waals surface area contributed by atoms with Crippen LogP contribution in [0.1, 0.15) is 13.8 Å². The maximum atomic E-state index is 12.9. The van der Waals surface area contributed by atoms with E-state index >= 15 is 0 Å². The Morgan fingerprint density at radius 1 is 1.46 bits per heavy atom. The molecule has 2 rings (SSSR count). The number of hydrogen-bond donors (Lipinski definition) is 3. The highest BCUT2D eigenvalue weighted by atomic mass is 32.2. The number of H-pyrrole nitrogens is 1. The topological polar surface area (TPSA) is 132 Å². The summed E-state index contributed by atoms with van der Waals surface area (Å²) in [4.78, 5) is 29.0. The third-order valence-electron chi connectivity index (χ3n) is 3.50. The smallest absolute Gasteiger partial charge is 0.321 e. The van der Waals surface area contributed by atoms with Gasteiger partial charge >= 0.3 is 5.97 Å². The van der Waals surface area contributed by atoms with Crippen LogP contribution in [0.25, 0.3) is 11.0 Å². The lowest BCUT2D eigenvalue weighted by atomic mass is 10.3. The van der Waals surface area contributed by atoms with Gasteiger partial charge in [-0.25, -0.2) is 13.4 Å². The van der Waals surface area contributed by atoms with Crippen molar-refractivity contribution in [2.75, 3.05) is 13.1 Å². The van der Waals surface area contributed by atoms with Crippen molar-refractivity contribution in [2.24, 2.45) is 0 Å². The summed E-state index contributed by atoms with van der Waals surface area (Å²) in [6.45, 7) is 2.42. The number of rotatable bonds is 7. The number of carbonyl (C=O) groups is 2. The van der Waals surface area contributed by atoms with Gasteiger partial charge in [-0.2, -0.15) is 4.31 Å². The zero-order valence-corrected chi connectivity index (χ0v) is 14.0. The normalized spacial score (nSPS) is 13.1. The summed E-state index contributed by atoms with van der Waals surface area (Å²) in [6, 6.07) is 1.89. The van der Waals surface area contributed by atoms with Crippen LogP contribution in [0.4, 0.5) is 0 Å². The lowest BCUT2D eigenvalue weighted by Crippen LogP contribution is -2.46. The summed E-state index contributed by atoms with van der Waals surface area (Å²) in [5, 5.41) is 12.1. The van der Waals surface area contributed by atoms with Gasteiger partial charge in [0.15, 0.2) is 0 Å². The van der Waals surface area contributed by atoms with E-state index in [1.165, 1.54) is 26.2 Å². The number of fused-ring (bicyclic) bond motifs is 1. The molecule has 0 bridgehead atoms. The van der Waals surface area contributed by atoms with Crippen LogP contribution in [0.3, 0.4) is 0 Å². The van der Waals surface area contributed by atoms with E-state index in [0.29, 0.717) is 11.0 Å². The molecule has 9 nitrogen and oxygen atoms in total. The van der Waals surface area contributed by atoms with E-state index in [-0.39, 0.29) is 23.9 Å². The maximum Gasteiger partial charge on any atom is 0.321 e. The zero-order chi connectivity index (χ0) is 17.9. The summed E-state index contributed by atoms with van der Waals surface area (Å²) >= 11 is 0. The predicted octanol–water partition coefficient (Wildman–Crippen LogP) is 0.163. The van der Waals surface area contributed by atoms with Crippen LogP contribution in [0.2, 0.25) is 0 Å². The maximum absolute atomic E-state index is 12.9. The lowest BCUT2D eigenvalue weighted by Gasteiger charge is -2.25. The fraction of sp³-hybridized carbons (Fsp3) is 0.357. The third kappa shape index (κ3) is 3.54. The number of carboxylic acids is 1. The van der Waals surface area contributed by atoms with Gasteiger partial charge in [0.05, 0.1) is 0 Å². The van der Waals surface area contributed by atoms with Crippen molar-refractivity contribution >= 4 is 32.9 Å². The largest absolute Gasteiger partial charge is 0.480 e. The molecule has 3 N–H and O–H groups in total. The molecule has 130 valence electrons. The standard InChI is InChI=1S/C14H18N4O5S/c1-9(14(20)21)18(7-6-15-10(2)19)24(22,23)12-8-17-13-11(12)4-3-5-16-13/h3-5,8-9H,6-7H2,1-2H3,(H,15,19)(H,16,17)(H,20,21). The van der Waals surface area contributed by atoms with Crippen molar-refractivity contribution < 1.29 is 23.1 Å². The molecule has 0 aliphatic rings. The van der Waals surface area contributed by atoms with Crippen LogP contribution in [0.15, 0.2) is 29.4 Å². The Hall–Kier alpha value is -2.46. The molecule has 2 aromatic rings. The zero-order valence-electron chi connectivity index (χ0n) is 13.2. The number of hydrogen-bond acceptors (Lipinski definition) is 5. The summed E-state index contributed by atoms with van der Waals surface area (Å²) in [5.74, 6) is -1.61. The quantitative estimate of drug-likeness (QED) is 0.649. The van der Waals surface area contributed by atoms with E-state index in [9.17, 15) is 23.1 Å². The van der Waals surface area contributed by atoms with E-state index in [1.54, 1.807) is 12.1 Å². The molecule has 2 aromatic heterocycles. The van der Waals surface area contributed by atoms with Gasteiger partial charge in [0, 0.05) is 37.8 Å². The predicted molar refractivity (Wildman–Crippen MR) is 85.8 cm³/mol. The Bertz CT molecular complexity index is 861. The van der Waals surface area contributed by atoms with Crippen molar-refractivity contribution in [2.45, 2.75) is 24.8 Å². The average Bonchev–Trinajstić information content (AvgIpc) is 2.95. The van der Waals surface area contributed by atoms with Gasteiger partial charge in [0.2, 0.25) is 15.9 Å². The molecule has 2 heterocycles. The van der Waals surface area contributed by atoms with Gasteiger partial charge in [-0.05, 0) is 19.1 Å². The number of aromatic nitrogens is 2. The molecule has 10 heteroatoms. The molecule has 0 aliphatic heterocycles. The van der Waals surface area contributed by atoms with E-state index in [4.69, 9.17) is 0 Å². The molecule has 0 spiro atoms. The minimum absolute atomic E-state index is 0.00673. The first kappa shape index (κ1) is 17.9. The lowest BCUT2D eigenvalue weighted by molar-refractivity contribution is -0.140. The molecule has 24 heavy (non-hydrogen) atoms. The average molecular weight is 354 g/mol. The Morgan fingerprint density at radius 2 is 2.17 bits per heavy atom. The molecular formula is C14H18N4O5S. The van der Waals surface area contributed by atoms with Crippen molar-refractivity contribution in [3.05, 3.63) is 24.5 Å². The summed E-state index contributed by atoms with van der Waals surface area (Å²) < 4.78 is 26.7. The SMILES string of the molecule is CC(=O)NCCN(C(C)C(=O)O)S(=O)(=O)c1c[nH]c2ncccc12. The van der Waals surface area contributed by atoms with Crippen LogP contribution in [-0.4, -0.2) is 58.8 Å². The molecule has 0 aromatic carbocycles. The first-order valence-electron chi connectivity index (χ1n) is 7.16. The number of aromatic amines is 1. The van der Waals surface area contributed by atoms with Crippen molar-refractivity contribution in [3.8, 4) is 0 Å². The van der Waals surface area contributed by atoms with E-state index in [0.717, 1.165) is 4.31 Å². The Morgan fingerprint density at radius 3 is 2.79 bits per heavy atom. The second-order valence-electron chi connectivity index (χ2n) is 5.17. The number of amides is 1. The highest BCUT2D eigenvalue weighted by Crippen LogP contribution is 2.25. The van der Waals surface area contributed by atoms with Gasteiger partial charge in [-0.1, -0.05) is 0 Å². The summed E-state index contributed by atoms with van der Waals surface area (Å²) in [6.07, 6.45) is 2.80. The molecular weight excluding hydrogens is 336 g/mol. The van der Waals surface area contributed by atoms with E-state index < -0.39 is 22.0 Å². The number of carbonyl (C=O) groups excluding carboxylic acids is 1. The minimum Gasteiger partial charge on any atom is -0.480 e. The highest BCUT2D eigenvalue weighted by Gasteiger charge is 2.34. The monoisotopic (exact) mass is 354 g/mol. The second kappa shape index (κ2) is 6.97. The van der Waals surface area contributed by atoms with Crippen LogP contribution < -0.4 is 5.32 Å². The first-order valence-corrected chi connectivity index (χ1v) is 8.60. The van der Waals surface area contributed by atoms with Crippen molar-refractivity contribution in [1.82, 2.24) is 19.6 Å². The molecule has 0 fully saturated rings. The van der Waals surface area contributed by atoms with Gasteiger partial charge in [0.25, 0.3) is 0 Å². The van der Waals surface area contributed by atoms with Crippen molar-refractivity contribution in [3.63, 3.8) is 0 Å². The fourth-order valence-electron chi connectivity index (χ4n) is 2.26. The molecule has 0 saturated heterocycles. The molecule has 0 saturated carbocycles. The van der Waals surface area contributed by atoms with Gasteiger partial charge in [0.1, 0.15) is 16.6 Å². The minimum atomic E-state index is -4.10. The van der Waals surface area contributed by atoms with Crippen LogP contribution in [-0.2, 0) is 19.6 Å². The first-order chi connectivity index (χ1) is 11.2. The Labute approximate surface area is 138 Å². The van der Waals surface area contributed by atoms with Crippen LogP contribution in [0.5, 0.6) is 0 Å². The third-order valence-corrected chi connectivity index (χ3v) is 5.51. The summed E-state index contributed by atoms with van der Waals surface area (Å²) in [7, 11) is -4.10. The number of carboxylic acid groups (broad SMARTS) is 1. The number of nitrogens with one attached hydrogen (secondary N) is 2. The van der Waals surface area contributed by atoms with Crippen LogP contribution in [0, 0.1) is 0 Å². The molecule has 1 unspecified atom stereocenters. The number of nitrogens with zero attached hydrogens (tertiary/aromatic N) is 2. The number of pyridine rings is 1. The molecule has 0 aliphatic carbocycles.